The second-order valence-corrected chi connectivity index (χ2v) is 17.1. The Balaban J connectivity index is 0.832. The van der Waals surface area contributed by atoms with E-state index in [1.54, 1.807) is 42.9 Å². The second-order valence-electron chi connectivity index (χ2n) is 16.7. The number of hydrogen-bond acceptors (Lipinski definition) is 12. The van der Waals surface area contributed by atoms with Crippen LogP contribution in [0, 0.1) is 28.1 Å². The molecule has 1 atom stereocenters. The molecule has 1 aliphatic carbocycles. The van der Waals surface area contributed by atoms with Gasteiger partial charge in [-0.1, -0.05) is 39.3 Å². The number of nitrogens with zero attached hydrogens (tertiary/aromatic N) is 7. The van der Waals surface area contributed by atoms with Crippen LogP contribution in [-0.2, 0) is 9.59 Å². The van der Waals surface area contributed by atoms with Crippen molar-refractivity contribution in [1.82, 2.24) is 35.8 Å². The van der Waals surface area contributed by atoms with Crippen LogP contribution in [0.15, 0.2) is 48.9 Å². The van der Waals surface area contributed by atoms with E-state index in [-0.39, 0.29) is 48.2 Å². The molecule has 5 heterocycles. The average molecular weight is 797 g/mol. The molecule has 7 rings (SSSR count). The number of pyridine rings is 1. The first-order chi connectivity index (χ1) is 27.2. The van der Waals surface area contributed by atoms with Crippen molar-refractivity contribution in [2.45, 2.75) is 71.6 Å². The Morgan fingerprint density at radius 3 is 2.19 bits per heavy atom. The molecule has 1 unspecified atom stereocenters. The van der Waals surface area contributed by atoms with Crippen molar-refractivity contribution in [2.24, 2.45) is 16.7 Å². The molecule has 0 bridgehead atoms. The quantitative estimate of drug-likeness (QED) is 0.254. The van der Waals surface area contributed by atoms with Crippen LogP contribution in [0.1, 0.15) is 79.9 Å². The lowest BCUT2D eigenvalue weighted by Gasteiger charge is -2.63. The number of amides is 4. The summed E-state index contributed by atoms with van der Waals surface area (Å²) in [7, 11) is 0. The number of benzene rings is 1. The Labute approximate surface area is 337 Å². The smallest absolute Gasteiger partial charge is 0.271 e. The molecule has 4 fully saturated rings. The maximum atomic E-state index is 13.4. The van der Waals surface area contributed by atoms with Crippen molar-refractivity contribution in [2.75, 3.05) is 55.6 Å². The minimum atomic E-state index is -0.738. The fraction of sp³-hybridized carbons (Fsp3) is 0.512. The van der Waals surface area contributed by atoms with Crippen molar-refractivity contribution < 1.29 is 23.9 Å². The summed E-state index contributed by atoms with van der Waals surface area (Å²) in [5.74, 6) is 0.394. The third kappa shape index (κ3) is 8.52. The van der Waals surface area contributed by atoms with Gasteiger partial charge in [0.25, 0.3) is 11.8 Å². The number of halogens is 1. The molecular weight excluding hydrogens is 748 g/mol. The third-order valence-corrected chi connectivity index (χ3v) is 12.3. The van der Waals surface area contributed by atoms with E-state index in [4.69, 9.17) is 16.3 Å². The van der Waals surface area contributed by atoms with Gasteiger partial charge in [0.1, 0.15) is 41.2 Å². The van der Waals surface area contributed by atoms with Gasteiger partial charge in [0.2, 0.25) is 11.8 Å². The summed E-state index contributed by atoms with van der Waals surface area (Å²) in [5, 5.41) is 17.6. The number of ether oxygens (including phenoxy) is 1. The third-order valence-electron chi connectivity index (χ3n) is 12.0. The van der Waals surface area contributed by atoms with Gasteiger partial charge in [-0.25, -0.2) is 15.0 Å². The predicted molar refractivity (Wildman–Crippen MR) is 213 cm³/mol. The van der Waals surface area contributed by atoms with Crippen molar-refractivity contribution in [1.29, 1.82) is 5.26 Å². The number of nitriles is 1. The highest BCUT2D eigenvalue weighted by Gasteiger charge is 2.64. The maximum absolute atomic E-state index is 13.4. The van der Waals surface area contributed by atoms with Crippen LogP contribution in [0.5, 0.6) is 5.75 Å². The second kappa shape index (κ2) is 16.3. The molecule has 16 heteroatoms. The van der Waals surface area contributed by atoms with Gasteiger partial charge in [0.15, 0.2) is 0 Å². The monoisotopic (exact) mass is 796 g/mol. The van der Waals surface area contributed by atoms with Crippen molar-refractivity contribution >= 4 is 46.7 Å². The number of carbonyl (C=O) groups is 4. The number of hydrogen-bond donors (Lipinski definition) is 3. The number of nitrogens with one attached hydrogen (secondary N) is 3. The number of piperazine rings is 1. The van der Waals surface area contributed by atoms with E-state index >= 15 is 0 Å². The molecule has 1 aromatic carbocycles. The fourth-order valence-corrected chi connectivity index (χ4v) is 9.28. The minimum absolute atomic E-state index is 0.182. The lowest BCUT2D eigenvalue weighted by atomic mass is 9.49. The van der Waals surface area contributed by atoms with Crippen molar-refractivity contribution in [3.63, 3.8) is 0 Å². The van der Waals surface area contributed by atoms with Gasteiger partial charge in [-0.15, -0.1) is 0 Å². The molecule has 3 saturated heterocycles. The molecule has 0 radical (unpaired) electrons. The SMILES string of the molecule is CC1(C)C(NC(=O)c2cnc(N3CCC(CN4CCN(c5ccc(C(=O)NC6CCC(=O)NC6=O)nc5)CC4)CC3)cn2)C(C)(C)C1Oc1ccc(C#N)c(Cl)c1. The van der Waals surface area contributed by atoms with E-state index in [0.29, 0.717) is 22.3 Å². The Morgan fingerprint density at radius 2 is 1.58 bits per heavy atom. The van der Waals surface area contributed by atoms with E-state index < -0.39 is 28.7 Å². The van der Waals surface area contributed by atoms with Gasteiger partial charge in [-0.3, -0.25) is 29.4 Å². The van der Waals surface area contributed by atoms with Gasteiger partial charge in [-0.2, -0.15) is 5.26 Å². The summed E-state index contributed by atoms with van der Waals surface area (Å²) in [6.45, 7) is 14.6. The standard InChI is InChI=1S/C41H49ClN10O5/c1-40(2)38(41(3,4)39(40)57-28-7-5-26(20-43)29(42)19-28)49-37(56)32-22-46-33(23-45-32)52-13-11-25(12-14-52)24-50-15-17-51(18-16-50)27-6-8-30(44-21-27)35(54)47-31-9-10-34(53)48-36(31)55/h5-8,19,21-23,25,31,38-39H,9-18,24H2,1-4H3,(H,47,54)(H,49,56)(H,48,53,55). The number of rotatable bonds is 10. The highest BCUT2D eigenvalue weighted by atomic mass is 35.5. The number of piperidine rings is 2. The number of imide groups is 1. The lowest BCUT2D eigenvalue weighted by Crippen LogP contribution is -2.74. The maximum Gasteiger partial charge on any atom is 0.271 e. The van der Waals surface area contributed by atoms with Crippen LogP contribution >= 0.6 is 11.6 Å². The average Bonchev–Trinajstić information content (AvgIpc) is 3.20. The predicted octanol–water partition coefficient (Wildman–Crippen LogP) is 3.58. The number of carbonyl (C=O) groups excluding carboxylic acids is 4. The van der Waals surface area contributed by atoms with Crippen molar-refractivity contribution in [3.05, 3.63) is 70.9 Å². The molecule has 3 aromatic rings. The van der Waals surface area contributed by atoms with E-state index in [2.05, 4.69) is 79.4 Å². The summed E-state index contributed by atoms with van der Waals surface area (Å²) in [4.78, 5) is 69.9. The zero-order chi connectivity index (χ0) is 40.5. The number of aromatic nitrogens is 3. The molecule has 4 amide bonds. The van der Waals surface area contributed by atoms with Gasteiger partial charge in [-0.05, 0) is 49.4 Å². The first-order valence-corrected chi connectivity index (χ1v) is 19.9. The Morgan fingerprint density at radius 1 is 0.877 bits per heavy atom. The Kier molecular flexibility index (Phi) is 11.4. The summed E-state index contributed by atoms with van der Waals surface area (Å²) in [6.07, 6.45) is 7.30. The summed E-state index contributed by atoms with van der Waals surface area (Å²) < 4.78 is 6.35. The van der Waals surface area contributed by atoms with Crippen molar-refractivity contribution in [3.8, 4) is 11.8 Å². The van der Waals surface area contributed by atoms with Gasteiger partial charge < -0.3 is 25.2 Å². The zero-order valence-electron chi connectivity index (χ0n) is 32.8. The highest BCUT2D eigenvalue weighted by molar-refractivity contribution is 6.31. The molecular formula is C41H49ClN10O5. The summed E-state index contributed by atoms with van der Waals surface area (Å²) in [6, 6.07) is 9.75. The summed E-state index contributed by atoms with van der Waals surface area (Å²) >= 11 is 6.24. The van der Waals surface area contributed by atoms with E-state index in [9.17, 15) is 24.4 Å². The Hall–Kier alpha value is -5.33. The topological polar surface area (TPSA) is 186 Å². The normalized spacial score (nSPS) is 23.5. The Bertz CT molecular complexity index is 2020. The fourth-order valence-electron chi connectivity index (χ4n) is 9.07. The molecule has 3 N–H and O–H groups in total. The lowest BCUT2D eigenvalue weighted by molar-refractivity contribution is -0.164. The van der Waals surface area contributed by atoms with Gasteiger partial charge in [0.05, 0.1) is 34.9 Å². The van der Waals surface area contributed by atoms with E-state index in [1.165, 1.54) is 0 Å². The first kappa shape index (κ1) is 39.9. The largest absolute Gasteiger partial charge is 0.489 e. The molecule has 15 nitrogen and oxygen atoms in total. The molecule has 1 saturated carbocycles. The van der Waals surface area contributed by atoms with Crippen LogP contribution in [-0.4, -0.2) is 107 Å². The number of anilines is 2. The molecule has 57 heavy (non-hydrogen) atoms. The minimum Gasteiger partial charge on any atom is -0.489 e. The van der Waals surface area contributed by atoms with Crippen LogP contribution < -0.4 is 30.5 Å². The van der Waals surface area contributed by atoms with Gasteiger partial charge >= 0.3 is 0 Å². The van der Waals surface area contributed by atoms with Crippen LogP contribution in [0.2, 0.25) is 5.02 Å². The molecule has 300 valence electrons. The van der Waals surface area contributed by atoms with Crippen LogP contribution in [0.25, 0.3) is 0 Å². The molecule has 4 aliphatic rings. The van der Waals surface area contributed by atoms with Crippen LogP contribution in [0.3, 0.4) is 0 Å². The van der Waals surface area contributed by atoms with Gasteiger partial charge in [0, 0.05) is 75.2 Å². The van der Waals surface area contributed by atoms with E-state index in [0.717, 1.165) is 70.2 Å². The molecule has 3 aliphatic heterocycles. The zero-order valence-corrected chi connectivity index (χ0v) is 33.5. The summed E-state index contributed by atoms with van der Waals surface area (Å²) in [5.41, 5.74) is 1.06. The molecule has 0 spiro atoms. The first-order valence-electron chi connectivity index (χ1n) is 19.5. The highest BCUT2D eigenvalue weighted by Crippen LogP contribution is 2.55. The molecule has 2 aromatic heterocycles. The van der Waals surface area contributed by atoms with E-state index in [1.807, 2.05) is 6.07 Å². The van der Waals surface area contributed by atoms with Crippen LogP contribution in [0.4, 0.5) is 11.5 Å².